The quantitative estimate of drug-likeness (QED) is 0.561. The van der Waals surface area contributed by atoms with Gasteiger partial charge in [-0.2, -0.15) is 0 Å². The van der Waals surface area contributed by atoms with E-state index >= 15 is 0 Å². The van der Waals surface area contributed by atoms with Gasteiger partial charge in [0.1, 0.15) is 18.1 Å². The van der Waals surface area contributed by atoms with Crippen LogP contribution in [-0.2, 0) is 16.1 Å². The minimum Gasteiger partial charge on any atom is -0.489 e. The first-order chi connectivity index (χ1) is 13.9. The first-order valence-corrected chi connectivity index (χ1v) is 9.96. The van der Waals surface area contributed by atoms with Crippen LogP contribution in [0.25, 0.3) is 0 Å². The molecule has 7 nitrogen and oxygen atoms in total. The molecule has 0 unspecified atom stereocenters. The highest BCUT2D eigenvalue weighted by Crippen LogP contribution is 2.19. The maximum Gasteiger partial charge on any atom is 0.338 e. The number of nitrogens with one attached hydrogen (secondary N) is 1. The van der Waals surface area contributed by atoms with Crippen molar-refractivity contribution in [3.05, 3.63) is 69.2 Å². The van der Waals surface area contributed by atoms with Crippen molar-refractivity contribution in [2.75, 3.05) is 6.61 Å². The fraction of sp³-hybridized carbons (Fsp3) is 0.286. The zero-order valence-electron chi connectivity index (χ0n) is 16.4. The molecular weight excluding hydrogens is 392 g/mol. The third-order valence-electron chi connectivity index (χ3n) is 4.34. The van der Waals surface area contributed by atoms with Gasteiger partial charge in [0.05, 0.1) is 22.9 Å². The molecule has 29 heavy (non-hydrogen) atoms. The van der Waals surface area contributed by atoms with Crippen LogP contribution in [0.3, 0.4) is 0 Å². The Morgan fingerprint density at radius 1 is 1.21 bits per heavy atom. The van der Waals surface area contributed by atoms with Gasteiger partial charge >= 0.3 is 5.97 Å². The molecule has 0 fully saturated rings. The molecule has 8 heteroatoms. The number of ether oxygens (including phenoxy) is 2. The van der Waals surface area contributed by atoms with Gasteiger partial charge in [0, 0.05) is 4.88 Å². The van der Waals surface area contributed by atoms with Crippen molar-refractivity contribution in [1.82, 2.24) is 10.5 Å². The van der Waals surface area contributed by atoms with Crippen LogP contribution in [0, 0.1) is 13.8 Å². The topological polar surface area (TPSA) is 90.7 Å². The zero-order valence-corrected chi connectivity index (χ0v) is 17.2. The summed E-state index contributed by atoms with van der Waals surface area (Å²) >= 11 is 1.56. The number of rotatable bonds is 8. The lowest BCUT2D eigenvalue weighted by Gasteiger charge is -2.12. The van der Waals surface area contributed by atoms with Crippen molar-refractivity contribution >= 4 is 23.2 Å². The molecule has 2 aromatic heterocycles. The predicted molar refractivity (Wildman–Crippen MR) is 108 cm³/mol. The van der Waals surface area contributed by atoms with Crippen LogP contribution < -0.4 is 10.1 Å². The number of amides is 1. The molecule has 0 spiro atoms. The number of aryl methyl sites for hydroxylation is 2. The second-order valence-electron chi connectivity index (χ2n) is 6.50. The van der Waals surface area contributed by atoms with E-state index in [9.17, 15) is 9.59 Å². The summed E-state index contributed by atoms with van der Waals surface area (Å²) in [6.07, 6.45) is 0. The summed E-state index contributed by atoms with van der Waals surface area (Å²) in [4.78, 5) is 25.2. The summed E-state index contributed by atoms with van der Waals surface area (Å²) in [5, 5.41) is 8.63. The summed E-state index contributed by atoms with van der Waals surface area (Å²) in [6.45, 7) is 5.56. The van der Waals surface area contributed by atoms with Crippen molar-refractivity contribution in [1.29, 1.82) is 0 Å². The number of hydrogen-bond donors (Lipinski definition) is 1. The van der Waals surface area contributed by atoms with Crippen LogP contribution in [0.1, 0.15) is 45.2 Å². The van der Waals surface area contributed by atoms with E-state index in [1.165, 1.54) is 0 Å². The Balaban J connectivity index is 1.46. The van der Waals surface area contributed by atoms with Crippen molar-refractivity contribution in [2.24, 2.45) is 0 Å². The predicted octanol–water partition coefficient (Wildman–Crippen LogP) is 3.97. The molecule has 0 aliphatic rings. The number of hydrogen-bond acceptors (Lipinski definition) is 7. The number of esters is 1. The zero-order chi connectivity index (χ0) is 20.8. The van der Waals surface area contributed by atoms with E-state index in [0.29, 0.717) is 17.9 Å². The average Bonchev–Trinajstić information content (AvgIpc) is 3.36. The van der Waals surface area contributed by atoms with Gasteiger partial charge in [0.2, 0.25) is 0 Å². The van der Waals surface area contributed by atoms with Crippen molar-refractivity contribution in [3.63, 3.8) is 0 Å². The number of nitrogens with zero attached hydrogens (tertiary/aromatic N) is 1. The summed E-state index contributed by atoms with van der Waals surface area (Å²) < 4.78 is 15.9. The molecule has 0 aliphatic carbocycles. The fourth-order valence-electron chi connectivity index (χ4n) is 2.66. The second kappa shape index (κ2) is 9.38. The van der Waals surface area contributed by atoms with E-state index in [-0.39, 0.29) is 18.6 Å². The normalized spacial score (nSPS) is 11.7. The first-order valence-electron chi connectivity index (χ1n) is 9.08. The molecule has 1 aromatic carbocycles. The molecule has 2 heterocycles. The van der Waals surface area contributed by atoms with Crippen molar-refractivity contribution in [3.8, 4) is 5.75 Å². The van der Waals surface area contributed by atoms with Gasteiger partial charge in [-0.05, 0) is 56.5 Å². The van der Waals surface area contributed by atoms with E-state index in [4.69, 9.17) is 14.0 Å². The summed E-state index contributed by atoms with van der Waals surface area (Å²) in [7, 11) is 0. The van der Waals surface area contributed by atoms with Gasteiger partial charge < -0.3 is 19.3 Å². The summed E-state index contributed by atoms with van der Waals surface area (Å²) in [5.41, 5.74) is 2.03. The minimum absolute atomic E-state index is 0.129. The van der Waals surface area contributed by atoms with Crippen LogP contribution in [0.4, 0.5) is 0 Å². The molecule has 0 radical (unpaired) electrons. The van der Waals surface area contributed by atoms with Crippen molar-refractivity contribution < 1.29 is 23.6 Å². The molecule has 0 saturated heterocycles. The Morgan fingerprint density at radius 2 is 1.97 bits per heavy atom. The lowest BCUT2D eigenvalue weighted by molar-refractivity contribution is -0.124. The van der Waals surface area contributed by atoms with E-state index in [1.54, 1.807) is 35.6 Å². The van der Waals surface area contributed by atoms with Gasteiger partial charge in [0.25, 0.3) is 5.91 Å². The van der Waals surface area contributed by atoms with Gasteiger partial charge in [-0.1, -0.05) is 11.2 Å². The Labute approximate surface area is 172 Å². The highest BCUT2D eigenvalue weighted by molar-refractivity contribution is 7.10. The number of carbonyl (C=O) groups is 2. The van der Waals surface area contributed by atoms with Crippen LogP contribution in [0.5, 0.6) is 5.75 Å². The second-order valence-corrected chi connectivity index (χ2v) is 7.48. The SMILES string of the molecule is Cc1noc(C)c1COc1ccc(C(=O)OCC(=O)N[C@@H](C)c2cccs2)cc1. The molecular formula is C21H22N2O5S. The first kappa shape index (κ1) is 20.6. The molecule has 1 atom stereocenters. The lowest BCUT2D eigenvalue weighted by atomic mass is 10.2. The molecule has 1 N–H and O–H groups in total. The van der Waals surface area contributed by atoms with Crippen LogP contribution in [-0.4, -0.2) is 23.6 Å². The van der Waals surface area contributed by atoms with Crippen LogP contribution >= 0.6 is 11.3 Å². The number of thiophene rings is 1. The summed E-state index contributed by atoms with van der Waals surface area (Å²) in [5.74, 6) is 0.401. The fourth-order valence-corrected chi connectivity index (χ4v) is 3.39. The number of carbonyl (C=O) groups excluding carboxylic acids is 2. The standard InChI is InChI=1S/C21H22N2O5S/c1-13-18(15(3)28-23-13)11-26-17-8-6-16(7-9-17)21(25)27-12-20(24)22-14(2)19-5-4-10-29-19/h4-10,14H,11-12H2,1-3H3,(H,22,24)/t14-/m0/s1. The molecule has 152 valence electrons. The molecule has 0 saturated carbocycles. The minimum atomic E-state index is -0.568. The summed E-state index contributed by atoms with van der Waals surface area (Å²) in [6, 6.07) is 10.3. The number of benzene rings is 1. The van der Waals surface area contributed by atoms with E-state index < -0.39 is 5.97 Å². The Hall–Kier alpha value is -3.13. The Morgan fingerprint density at radius 3 is 2.59 bits per heavy atom. The largest absolute Gasteiger partial charge is 0.489 e. The van der Waals surface area contributed by atoms with Gasteiger partial charge in [-0.15, -0.1) is 11.3 Å². The molecule has 0 bridgehead atoms. The van der Waals surface area contributed by atoms with Gasteiger partial charge in [-0.3, -0.25) is 4.79 Å². The van der Waals surface area contributed by atoms with E-state index in [2.05, 4.69) is 10.5 Å². The number of aromatic nitrogens is 1. The van der Waals surface area contributed by atoms with Gasteiger partial charge in [0.15, 0.2) is 6.61 Å². The molecule has 0 aliphatic heterocycles. The van der Waals surface area contributed by atoms with E-state index in [1.807, 2.05) is 38.3 Å². The highest BCUT2D eigenvalue weighted by atomic mass is 32.1. The maximum absolute atomic E-state index is 12.1. The van der Waals surface area contributed by atoms with Crippen molar-refractivity contribution in [2.45, 2.75) is 33.4 Å². The smallest absolute Gasteiger partial charge is 0.338 e. The molecule has 3 aromatic rings. The molecule has 1 amide bonds. The third-order valence-corrected chi connectivity index (χ3v) is 5.39. The Kier molecular flexibility index (Phi) is 6.66. The molecule has 3 rings (SSSR count). The lowest BCUT2D eigenvalue weighted by Crippen LogP contribution is -2.30. The Bertz CT molecular complexity index is 944. The maximum atomic E-state index is 12.1. The van der Waals surface area contributed by atoms with Gasteiger partial charge in [-0.25, -0.2) is 4.79 Å². The van der Waals surface area contributed by atoms with Crippen LogP contribution in [0.15, 0.2) is 46.3 Å². The highest BCUT2D eigenvalue weighted by Gasteiger charge is 2.14. The third kappa shape index (κ3) is 5.45. The average molecular weight is 414 g/mol. The van der Waals surface area contributed by atoms with E-state index in [0.717, 1.165) is 21.9 Å². The van der Waals surface area contributed by atoms with Crippen LogP contribution in [0.2, 0.25) is 0 Å². The monoisotopic (exact) mass is 414 g/mol.